The van der Waals surface area contributed by atoms with E-state index in [1.165, 1.54) is 10.4 Å². The standard InChI is InChI=1S/C14H20N2O4S/c1-4-16(5-2)21(19,20)15-13-10-12(7-6-11(13)3)8-9-14(17)18/h6-10,15H,4-5H2,1-3H3,(H,17,18). The number of nitrogens with zero attached hydrogens (tertiary/aromatic N) is 1. The lowest BCUT2D eigenvalue weighted by Gasteiger charge is -2.20. The van der Waals surface area contributed by atoms with Gasteiger partial charge in [-0.2, -0.15) is 12.7 Å². The average molecular weight is 312 g/mol. The Labute approximate surface area is 125 Å². The van der Waals surface area contributed by atoms with E-state index in [0.717, 1.165) is 11.6 Å². The molecule has 0 radical (unpaired) electrons. The lowest BCUT2D eigenvalue weighted by Crippen LogP contribution is -2.35. The zero-order chi connectivity index (χ0) is 16.0. The zero-order valence-corrected chi connectivity index (χ0v) is 13.1. The fraction of sp³-hybridized carbons (Fsp3) is 0.357. The van der Waals surface area contributed by atoms with Crippen LogP contribution in [0.3, 0.4) is 0 Å². The summed E-state index contributed by atoms with van der Waals surface area (Å²) >= 11 is 0. The molecule has 1 aromatic rings. The van der Waals surface area contributed by atoms with E-state index in [1.54, 1.807) is 39.0 Å². The van der Waals surface area contributed by atoms with Crippen LogP contribution >= 0.6 is 0 Å². The van der Waals surface area contributed by atoms with Crippen LogP contribution in [0.1, 0.15) is 25.0 Å². The van der Waals surface area contributed by atoms with Gasteiger partial charge < -0.3 is 5.11 Å². The Balaban J connectivity index is 3.08. The topological polar surface area (TPSA) is 86.7 Å². The second kappa shape index (κ2) is 7.24. The van der Waals surface area contributed by atoms with Crippen LogP contribution in [-0.4, -0.2) is 36.9 Å². The third-order valence-corrected chi connectivity index (χ3v) is 4.64. The number of benzene rings is 1. The van der Waals surface area contributed by atoms with E-state index in [2.05, 4.69) is 4.72 Å². The maximum Gasteiger partial charge on any atom is 0.328 e. The summed E-state index contributed by atoms with van der Waals surface area (Å²) in [6.45, 7) is 6.07. The smallest absolute Gasteiger partial charge is 0.328 e. The molecule has 6 nitrogen and oxygen atoms in total. The molecule has 0 aliphatic carbocycles. The number of anilines is 1. The highest BCUT2D eigenvalue weighted by Crippen LogP contribution is 2.20. The van der Waals surface area contributed by atoms with Crippen molar-refractivity contribution in [1.29, 1.82) is 0 Å². The van der Waals surface area contributed by atoms with E-state index in [1.807, 2.05) is 0 Å². The van der Waals surface area contributed by atoms with Gasteiger partial charge in [-0.3, -0.25) is 4.72 Å². The van der Waals surface area contributed by atoms with Crippen molar-refractivity contribution in [2.75, 3.05) is 17.8 Å². The molecule has 0 spiro atoms. The maximum absolute atomic E-state index is 12.2. The number of aliphatic carboxylic acids is 1. The Morgan fingerprint density at radius 3 is 2.48 bits per heavy atom. The molecule has 0 aliphatic heterocycles. The average Bonchev–Trinajstić information content (AvgIpc) is 2.40. The van der Waals surface area contributed by atoms with Crippen molar-refractivity contribution in [2.24, 2.45) is 0 Å². The van der Waals surface area contributed by atoms with Crippen LogP contribution in [-0.2, 0) is 15.0 Å². The molecule has 0 amide bonds. The predicted octanol–water partition coefficient (Wildman–Crippen LogP) is 2.09. The Kier molecular flexibility index (Phi) is 5.92. The van der Waals surface area contributed by atoms with Crippen molar-refractivity contribution in [3.8, 4) is 0 Å². The summed E-state index contributed by atoms with van der Waals surface area (Å²) in [5.74, 6) is -1.05. The van der Waals surface area contributed by atoms with Crippen LogP contribution in [0.2, 0.25) is 0 Å². The number of hydrogen-bond donors (Lipinski definition) is 2. The molecule has 0 saturated heterocycles. The molecule has 0 aromatic heterocycles. The van der Waals surface area contributed by atoms with E-state index >= 15 is 0 Å². The van der Waals surface area contributed by atoms with E-state index in [-0.39, 0.29) is 0 Å². The summed E-state index contributed by atoms with van der Waals surface area (Å²) in [5.41, 5.74) is 1.81. The first kappa shape index (κ1) is 17.2. The first-order chi connectivity index (χ1) is 9.80. The second-order valence-electron chi connectivity index (χ2n) is 4.44. The van der Waals surface area contributed by atoms with Gasteiger partial charge in [0.2, 0.25) is 0 Å². The minimum atomic E-state index is -3.60. The Hall–Kier alpha value is -1.86. The molecule has 2 N–H and O–H groups in total. The molecule has 0 atom stereocenters. The molecule has 1 aromatic carbocycles. The van der Waals surface area contributed by atoms with Crippen molar-refractivity contribution in [3.63, 3.8) is 0 Å². The lowest BCUT2D eigenvalue weighted by atomic mass is 10.1. The van der Waals surface area contributed by atoms with Crippen LogP contribution in [0.4, 0.5) is 5.69 Å². The number of carbonyl (C=O) groups is 1. The van der Waals surface area contributed by atoms with Crippen LogP contribution in [0, 0.1) is 6.92 Å². The van der Waals surface area contributed by atoms with Gasteiger partial charge in [0.15, 0.2) is 0 Å². The van der Waals surface area contributed by atoms with E-state index in [9.17, 15) is 13.2 Å². The Morgan fingerprint density at radius 2 is 1.95 bits per heavy atom. The van der Waals surface area contributed by atoms with E-state index < -0.39 is 16.2 Å². The van der Waals surface area contributed by atoms with E-state index in [4.69, 9.17) is 5.11 Å². The number of rotatable bonds is 7. The fourth-order valence-corrected chi connectivity index (χ4v) is 3.09. The molecule has 0 aliphatic rings. The van der Waals surface area contributed by atoms with Crippen molar-refractivity contribution in [2.45, 2.75) is 20.8 Å². The predicted molar refractivity (Wildman–Crippen MR) is 83.3 cm³/mol. The highest BCUT2D eigenvalue weighted by atomic mass is 32.2. The van der Waals surface area contributed by atoms with Gasteiger partial charge in [0.05, 0.1) is 5.69 Å². The number of hydrogen-bond acceptors (Lipinski definition) is 3. The summed E-state index contributed by atoms with van der Waals surface area (Å²) in [6.07, 6.45) is 2.42. The SMILES string of the molecule is CCN(CC)S(=O)(=O)Nc1cc(C=CC(=O)O)ccc1C. The maximum atomic E-state index is 12.2. The van der Waals surface area contributed by atoms with Gasteiger partial charge in [-0.15, -0.1) is 0 Å². The summed E-state index contributed by atoms with van der Waals surface area (Å²) in [6, 6.07) is 5.07. The van der Waals surface area contributed by atoms with Crippen LogP contribution in [0.25, 0.3) is 6.08 Å². The van der Waals surface area contributed by atoms with Gasteiger partial charge >= 0.3 is 16.2 Å². The van der Waals surface area contributed by atoms with Crippen LogP contribution < -0.4 is 4.72 Å². The van der Waals surface area contributed by atoms with Gasteiger partial charge in [-0.05, 0) is 30.2 Å². The third kappa shape index (κ3) is 4.87. The summed E-state index contributed by atoms with van der Waals surface area (Å²) in [4.78, 5) is 10.5. The van der Waals surface area contributed by atoms with Crippen molar-refractivity contribution < 1.29 is 18.3 Å². The molecule has 0 unspecified atom stereocenters. The second-order valence-corrected chi connectivity index (χ2v) is 6.11. The van der Waals surface area contributed by atoms with Crippen LogP contribution in [0.15, 0.2) is 24.3 Å². The minimum Gasteiger partial charge on any atom is -0.478 e. The Morgan fingerprint density at radius 1 is 1.33 bits per heavy atom. The number of carboxylic acids is 1. The fourth-order valence-electron chi connectivity index (χ4n) is 1.79. The van der Waals surface area contributed by atoms with Crippen molar-refractivity contribution >= 4 is 27.9 Å². The summed E-state index contributed by atoms with van der Waals surface area (Å²) in [5, 5.41) is 8.62. The van der Waals surface area contributed by atoms with Gasteiger partial charge in [0, 0.05) is 19.2 Å². The van der Waals surface area contributed by atoms with Crippen molar-refractivity contribution in [3.05, 3.63) is 35.4 Å². The van der Waals surface area contributed by atoms with E-state index in [0.29, 0.717) is 24.3 Å². The Bertz CT molecular complexity index is 634. The molecule has 0 heterocycles. The normalized spacial score (nSPS) is 12.0. The molecule has 0 saturated carbocycles. The lowest BCUT2D eigenvalue weighted by molar-refractivity contribution is -0.131. The molecule has 1 rings (SSSR count). The monoisotopic (exact) mass is 312 g/mol. The zero-order valence-electron chi connectivity index (χ0n) is 12.3. The minimum absolute atomic E-state index is 0.378. The van der Waals surface area contributed by atoms with Crippen molar-refractivity contribution in [1.82, 2.24) is 4.31 Å². The first-order valence-electron chi connectivity index (χ1n) is 6.59. The van der Waals surface area contributed by atoms with Gasteiger partial charge in [-0.1, -0.05) is 26.0 Å². The third-order valence-electron chi connectivity index (χ3n) is 2.96. The molecular formula is C14H20N2O4S. The van der Waals surface area contributed by atoms with Crippen LogP contribution in [0.5, 0.6) is 0 Å². The summed E-state index contributed by atoms with van der Waals surface area (Å²) < 4.78 is 28.2. The number of nitrogens with one attached hydrogen (secondary N) is 1. The molecule has 0 bridgehead atoms. The quantitative estimate of drug-likeness (QED) is 0.755. The van der Waals surface area contributed by atoms with Gasteiger partial charge in [-0.25, -0.2) is 4.79 Å². The molecule has 7 heteroatoms. The molecule has 116 valence electrons. The first-order valence-corrected chi connectivity index (χ1v) is 8.03. The van der Waals surface area contributed by atoms with Gasteiger partial charge in [0.25, 0.3) is 0 Å². The highest BCUT2D eigenvalue weighted by Gasteiger charge is 2.19. The number of carboxylic acid groups (broad SMARTS) is 1. The molecule has 21 heavy (non-hydrogen) atoms. The molecule has 0 fully saturated rings. The number of aryl methyl sites for hydroxylation is 1. The highest BCUT2D eigenvalue weighted by molar-refractivity contribution is 7.90. The molecular weight excluding hydrogens is 292 g/mol. The largest absolute Gasteiger partial charge is 0.478 e. The van der Waals surface area contributed by atoms with Gasteiger partial charge in [0.1, 0.15) is 0 Å². The summed E-state index contributed by atoms with van der Waals surface area (Å²) in [7, 11) is -3.60.